The van der Waals surface area contributed by atoms with Crippen LogP contribution in [0.3, 0.4) is 0 Å². The lowest BCUT2D eigenvalue weighted by atomic mass is 10.2. The number of aromatic nitrogens is 7. The Morgan fingerprint density at radius 1 is 1.19 bits per heavy atom. The molecule has 0 atom stereocenters. The van der Waals surface area contributed by atoms with Crippen molar-refractivity contribution in [3.8, 4) is 23.4 Å². The molecule has 10 nitrogen and oxygen atoms in total. The van der Waals surface area contributed by atoms with Gasteiger partial charge in [-0.2, -0.15) is 9.94 Å². The summed E-state index contributed by atoms with van der Waals surface area (Å²) in [7, 11) is 0. The molecule has 27 heavy (non-hydrogen) atoms. The number of carbonyl (C=O) groups is 1. The number of hydrogen-bond donors (Lipinski definition) is 1. The van der Waals surface area contributed by atoms with Gasteiger partial charge in [-0.05, 0) is 18.2 Å². The van der Waals surface area contributed by atoms with Gasteiger partial charge in [-0.15, -0.1) is 16.4 Å². The quantitative estimate of drug-likeness (QED) is 0.569. The Bertz CT molecular complexity index is 1150. The van der Waals surface area contributed by atoms with Crippen LogP contribution in [0.2, 0.25) is 0 Å². The Hall–Kier alpha value is -4.04. The highest BCUT2D eigenvalue weighted by Gasteiger charge is 2.18. The van der Waals surface area contributed by atoms with Gasteiger partial charge in [0.1, 0.15) is 5.69 Å². The van der Waals surface area contributed by atoms with E-state index in [-0.39, 0.29) is 11.6 Å². The predicted molar refractivity (Wildman–Crippen MR) is 95.0 cm³/mol. The summed E-state index contributed by atoms with van der Waals surface area (Å²) < 4.78 is 1.24. The number of amides is 1. The van der Waals surface area contributed by atoms with Gasteiger partial charge in [0.2, 0.25) is 0 Å². The van der Waals surface area contributed by atoms with Crippen LogP contribution in [0.15, 0.2) is 48.4 Å². The standard InChI is InChI=1S/C16H9N9OS/c17-7-10-2-5-18-11(6-10)12-9-27-16(22-12)23-14(26)13-8-21-24-25(13)15-19-3-1-4-20-15/h1-6,8-9H,(H,22,23,26). The van der Waals surface area contributed by atoms with E-state index in [1.54, 1.807) is 36.0 Å². The zero-order valence-electron chi connectivity index (χ0n) is 13.5. The molecule has 4 rings (SSSR count). The molecule has 0 aromatic carbocycles. The van der Waals surface area contributed by atoms with Crippen molar-refractivity contribution in [2.75, 3.05) is 5.32 Å². The van der Waals surface area contributed by atoms with Gasteiger partial charge in [-0.3, -0.25) is 15.1 Å². The van der Waals surface area contributed by atoms with Gasteiger partial charge in [0.15, 0.2) is 10.8 Å². The minimum Gasteiger partial charge on any atom is -0.296 e. The molecule has 1 amide bonds. The SMILES string of the molecule is N#Cc1ccnc(-c2csc(NC(=O)c3cnnn3-c3ncccn3)n2)c1. The normalized spacial score (nSPS) is 10.3. The van der Waals surface area contributed by atoms with E-state index in [2.05, 4.69) is 41.6 Å². The molecule has 0 spiro atoms. The molecule has 0 saturated carbocycles. The van der Waals surface area contributed by atoms with Crippen molar-refractivity contribution in [2.24, 2.45) is 0 Å². The zero-order valence-corrected chi connectivity index (χ0v) is 14.3. The van der Waals surface area contributed by atoms with Crippen molar-refractivity contribution in [3.05, 3.63) is 59.6 Å². The number of thiazole rings is 1. The summed E-state index contributed by atoms with van der Waals surface area (Å²) in [6, 6.07) is 6.95. The molecule has 1 N–H and O–H groups in total. The van der Waals surface area contributed by atoms with E-state index < -0.39 is 5.91 Å². The van der Waals surface area contributed by atoms with Crippen LogP contribution < -0.4 is 5.32 Å². The Balaban J connectivity index is 1.56. The Kier molecular flexibility index (Phi) is 4.30. The topological polar surface area (TPSA) is 135 Å². The van der Waals surface area contributed by atoms with Crippen LogP contribution in [0.1, 0.15) is 16.1 Å². The largest absolute Gasteiger partial charge is 0.296 e. The maximum atomic E-state index is 12.6. The molecule has 11 heteroatoms. The minimum atomic E-state index is -0.452. The monoisotopic (exact) mass is 375 g/mol. The summed E-state index contributed by atoms with van der Waals surface area (Å²) in [6.07, 6.45) is 5.94. The van der Waals surface area contributed by atoms with E-state index in [0.717, 1.165) is 0 Å². The maximum absolute atomic E-state index is 12.6. The van der Waals surface area contributed by atoms with Gasteiger partial charge >= 0.3 is 0 Å². The van der Waals surface area contributed by atoms with Crippen LogP contribution in [0.4, 0.5) is 5.13 Å². The first-order valence-electron chi connectivity index (χ1n) is 7.56. The van der Waals surface area contributed by atoms with Gasteiger partial charge in [-0.1, -0.05) is 5.21 Å². The van der Waals surface area contributed by atoms with Crippen molar-refractivity contribution in [1.82, 2.24) is 34.9 Å². The number of hydrogen-bond acceptors (Lipinski definition) is 9. The Morgan fingerprint density at radius 3 is 2.85 bits per heavy atom. The van der Waals surface area contributed by atoms with Gasteiger partial charge in [0, 0.05) is 24.0 Å². The fraction of sp³-hybridized carbons (Fsp3) is 0. The first-order valence-corrected chi connectivity index (χ1v) is 8.44. The van der Waals surface area contributed by atoms with Crippen LogP contribution in [-0.4, -0.2) is 40.8 Å². The second-order valence-electron chi connectivity index (χ2n) is 5.11. The van der Waals surface area contributed by atoms with Crippen molar-refractivity contribution in [3.63, 3.8) is 0 Å². The highest BCUT2D eigenvalue weighted by Crippen LogP contribution is 2.24. The van der Waals surface area contributed by atoms with Crippen molar-refractivity contribution < 1.29 is 4.79 Å². The van der Waals surface area contributed by atoms with Crippen LogP contribution in [-0.2, 0) is 0 Å². The summed E-state index contributed by atoms with van der Waals surface area (Å²) >= 11 is 1.24. The molecule has 0 aliphatic rings. The van der Waals surface area contributed by atoms with E-state index in [0.29, 0.717) is 22.1 Å². The minimum absolute atomic E-state index is 0.169. The molecule has 0 radical (unpaired) electrons. The summed E-state index contributed by atoms with van der Waals surface area (Å²) in [5.41, 5.74) is 1.76. The third-order valence-corrected chi connectivity index (χ3v) is 4.16. The average molecular weight is 375 g/mol. The molecule has 0 unspecified atom stereocenters. The van der Waals surface area contributed by atoms with Gasteiger partial charge in [0.05, 0.1) is 23.5 Å². The van der Waals surface area contributed by atoms with E-state index >= 15 is 0 Å². The molecule has 4 heterocycles. The average Bonchev–Trinajstić information content (AvgIpc) is 3.38. The molecule has 0 fully saturated rings. The van der Waals surface area contributed by atoms with Crippen LogP contribution in [0.25, 0.3) is 17.3 Å². The second kappa shape index (κ2) is 7.06. The molecule has 0 aliphatic carbocycles. The summed E-state index contributed by atoms with van der Waals surface area (Å²) in [5, 5.41) is 21.4. The molecule has 4 aromatic rings. The lowest BCUT2D eigenvalue weighted by Gasteiger charge is -2.03. The lowest BCUT2D eigenvalue weighted by Crippen LogP contribution is -2.18. The first kappa shape index (κ1) is 16.4. The number of pyridine rings is 1. The van der Waals surface area contributed by atoms with Crippen molar-refractivity contribution >= 4 is 22.4 Å². The van der Waals surface area contributed by atoms with Gasteiger partial charge in [-0.25, -0.2) is 15.0 Å². The number of anilines is 1. The fourth-order valence-electron chi connectivity index (χ4n) is 2.19. The fourth-order valence-corrected chi connectivity index (χ4v) is 2.89. The maximum Gasteiger partial charge on any atom is 0.277 e. The van der Waals surface area contributed by atoms with E-state index in [4.69, 9.17) is 5.26 Å². The van der Waals surface area contributed by atoms with E-state index in [1.807, 2.05) is 0 Å². The van der Waals surface area contributed by atoms with Crippen LogP contribution in [0.5, 0.6) is 0 Å². The summed E-state index contributed by atoms with van der Waals surface area (Å²) in [4.78, 5) is 29.2. The lowest BCUT2D eigenvalue weighted by molar-refractivity contribution is 0.101. The smallest absolute Gasteiger partial charge is 0.277 e. The number of nitrogens with one attached hydrogen (secondary N) is 1. The van der Waals surface area contributed by atoms with Crippen LogP contribution >= 0.6 is 11.3 Å². The molecule has 0 aliphatic heterocycles. The number of carbonyl (C=O) groups excluding carboxylic acids is 1. The molecular formula is C16H9N9OS. The molecule has 0 saturated heterocycles. The highest BCUT2D eigenvalue weighted by molar-refractivity contribution is 7.14. The molecule has 0 bridgehead atoms. The molecular weight excluding hydrogens is 366 g/mol. The van der Waals surface area contributed by atoms with Crippen molar-refractivity contribution in [2.45, 2.75) is 0 Å². The van der Waals surface area contributed by atoms with Gasteiger partial charge in [0.25, 0.3) is 11.9 Å². The molecule has 130 valence electrons. The third-order valence-electron chi connectivity index (χ3n) is 3.40. The number of nitrogens with zero attached hydrogens (tertiary/aromatic N) is 8. The van der Waals surface area contributed by atoms with Gasteiger partial charge < -0.3 is 0 Å². The summed E-state index contributed by atoms with van der Waals surface area (Å²) in [5.74, 6) is -0.218. The van der Waals surface area contributed by atoms with Crippen LogP contribution in [0, 0.1) is 11.3 Å². The second-order valence-corrected chi connectivity index (χ2v) is 5.97. The Labute approximate surface area is 156 Å². The predicted octanol–water partition coefficient (Wildman–Crippen LogP) is 1.70. The first-order chi connectivity index (χ1) is 13.2. The van der Waals surface area contributed by atoms with E-state index in [1.165, 1.54) is 28.4 Å². The molecule has 4 aromatic heterocycles. The highest BCUT2D eigenvalue weighted by atomic mass is 32.1. The van der Waals surface area contributed by atoms with E-state index in [9.17, 15) is 4.79 Å². The van der Waals surface area contributed by atoms with Crippen molar-refractivity contribution in [1.29, 1.82) is 5.26 Å². The number of nitriles is 1. The number of rotatable bonds is 4. The Morgan fingerprint density at radius 2 is 2.04 bits per heavy atom. The third kappa shape index (κ3) is 3.37. The summed E-state index contributed by atoms with van der Waals surface area (Å²) in [6.45, 7) is 0. The zero-order chi connectivity index (χ0) is 18.6.